The summed E-state index contributed by atoms with van der Waals surface area (Å²) in [6.45, 7) is 0.893. The molecule has 1 aliphatic heterocycles. The maximum atomic E-state index is 14.1. The molecule has 0 saturated carbocycles. The smallest absolute Gasteiger partial charge is 0.254 e. The molecule has 0 radical (unpaired) electrons. The Labute approximate surface area is 158 Å². The van der Waals surface area contributed by atoms with Crippen LogP contribution in [0.4, 0.5) is 4.39 Å². The van der Waals surface area contributed by atoms with Crippen molar-refractivity contribution in [3.63, 3.8) is 0 Å². The Hall–Kier alpha value is -2.45. The standard InChI is InChI=1S/C19H21FN2O4S/c1-21(2)27(24,25)18-11-14(5-7-17(18)20)19(23)22-9-8-13-4-6-16(26-3)10-15(13)12-22/h4-7,10-11H,8-9,12H2,1-3H3. The van der Waals surface area contributed by atoms with Crippen molar-refractivity contribution in [2.75, 3.05) is 27.7 Å². The van der Waals surface area contributed by atoms with Crippen LogP contribution < -0.4 is 4.74 Å². The molecular formula is C19H21FN2O4S. The van der Waals surface area contributed by atoms with Gasteiger partial charge in [-0.25, -0.2) is 17.1 Å². The van der Waals surface area contributed by atoms with Crippen LogP contribution in [0.15, 0.2) is 41.3 Å². The Morgan fingerprint density at radius 1 is 1.15 bits per heavy atom. The van der Waals surface area contributed by atoms with E-state index in [1.807, 2.05) is 18.2 Å². The lowest BCUT2D eigenvalue weighted by Gasteiger charge is -2.29. The molecule has 1 aliphatic rings. The molecule has 1 amide bonds. The lowest BCUT2D eigenvalue weighted by Crippen LogP contribution is -2.36. The van der Waals surface area contributed by atoms with Gasteiger partial charge in [-0.05, 0) is 47.9 Å². The largest absolute Gasteiger partial charge is 0.497 e. The fraction of sp³-hybridized carbons (Fsp3) is 0.316. The fourth-order valence-electron chi connectivity index (χ4n) is 3.05. The van der Waals surface area contributed by atoms with Crippen LogP contribution in [0.25, 0.3) is 0 Å². The third kappa shape index (κ3) is 3.68. The molecule has 3 rings (SSSR count). The maximum absolute atomic E-state index is 14.1. The number of nitrogens with zero attached hydrogens (tertiary/aromatic N) is 2. The van der Waals surface area contributed by atoms with Gasteiger partial charge in [-0.1, -0.05) is 6.07 Å². The quantitative estimate of drug-likeness (QED) is 0.801. The first-order valence-corrected chi connectivity index (χ1v) is 9.85. The Morgan fingerprint density at radius 2 is 1.89 bits per heavy atom. The molecule has 0 bridgehead atoms. The van der Waals surface area contributed by atoms with Gasteiger partial charge in [0.25, 0.3) is 5.91 Å². The molecule has 0 aromatic heterocycles. The van der Waals surface area contributed by atoms with Gasteiger partial charge in [0, 0.05) is 32.7 Å². The van der Waals surface area contributed by atoms with Crippen LogP contribution in [0.3, 0.4) is 0 Å². The zero-order valence-electron chi connectivity index (χ0n) is 15.4. The molecule has 144 valence electrons. The second kappa shape index (κ2) is 7.28. The zero-order valence-corrected chi connectivity index (χ0v) is 16.2. The minimum absolute atomic E-state index is 0.142. The number of methoxy groups -OCH3 is 1. The van der Waals surface area contributed by atoms with E-state index in [-0.39, 0.29) is 11.5 Å². The van der Waals surface area contributed by atoms with Crippen molar-refractivity contribution >= 4 is 15.9 Å². The summed E-state index contributed by atoms with van der Waals surface area (Å²) in [6, 6.07) is 9.19. The molecule has 0 aliphatic carbocycles. The van der Waals surface area contributed by atoms with Crippen molar-refractivity contribution in [1.29, 1.82) is 0 Å². The number of benzene rings is 2. The Kier molecular flexibility index (Phi) is 5.21. The van der Waals surface area contributed by atoms with Gasteiger partial charge >= 0.3 is 0 Å². The summed E-state index contributed by atoms with van der Waals surface area (Å²) in [6.07, 6.45) is 0.690. The molecule has 0 spiro atoms. The first-order valence-electron chi connectivity index (χ1n) is 8.41. The number of hydrogen-bond donors (Lipinski definition) is 0. The molecule has 0 unspecified atom stereocenters. The Bertz CT molecular complexity index is 989. The molecule has 0 N–H and O–H groups in total. The molecule has 0 atom stereocenters. The van der Waals surface area contributed by atoms with Gasteiger partial charge in [0.2, 0.25) is 10.0 Å². The SMILES string of the molecule is COc1ccc2c(c1)CN(C(=O)c1ccc(F)c(S(=O)(=O)N(C)C)c1)CC2. The molecule has 2 aromatic rings. The minimum atomic E-state index is -3.98. The monoisotopic (exact) mass is 392 g/mol. The lowest BCUT2D eigenvalue weighted by molar-refractivity contribution is 0.0734. The van der Waals surface area contributed by atoms with E-state index in [4.69, 9.17) is 4.74 Å². The zero-order chi connectivity index (χ0) is 19.8. The first-order chi connectivity index (χ1) is 12.7. The van der Waals surface area contributed by atoms with Crippen molar-refractivity contribution in [2.24, 2.45) is 0 Å². The molecule has 1 heterocycles. The van der Waals surface area contributed by atoms with Gasteiger partial charge in [-0.2, -0.15) is 0 Å². The second-order valence-electron chi connectivity index (χ2n) is 6.54. The summed E-state index contributed by atoms with van der Waals surface area (Å²) in [7, 11) is 0.236. The molecule has 6 nitrogen and oxygen atoms in total. The van der Waals surface area contributed by atoms with Crippen LogP contribution >= 0.6 is 0 Å². The van der Waals surface area contributed by atoms with Gasteiger partial charge in [-0.3, -0.25) is 4.79 Å². The van der Waals surface area contributed by atoms with Gasteiger partial charge < -0.3 is 9.64 Å². The maximum Gasteiger partial charge on any atom is 0.254 e. The number of hydrogen-bond acceptors (Lipinski definition) is 4. The summed E-state index contributed by atoms with van der Waals surface area (Å²) >= 11 is 0. The number of rotatable bonds is 4. The van der Waals surface area contributed by atoms with Crippen LogP contribution in [0.2, 0.25) is 0 Å². The van der Waals surface area contributed by atoms with Crippen molar-refractivity contribution < 1.29 is 22.3 Å². The van der Waals surface area contributed by atoms with Crippen LogP contribution in [0.5, 0.6) is 5.75 Å². The minimum Gasteiger partial charge on any atom is -0.497 e. The van der Waals surface area contributed by atoms with Gasteiger partial charge in [0.05, 0.1) is 7.11 Å². The van der Waals surface area contributed by atoms with Crippen LogP contribution in [-0.2, 0) is 23.0 Å². The van der Waals surface area contributed by atoms with E-state index < -0.39 is 20.7 Å². The van der Waals surface area contributed by atoms with Crippen molar-refractivity contribution in [3.8, 4) is 5.75 Å². The number of carbonyl (C=O) groups excluding carboxylic acids is 1. The highest BCUT2D eigenvalue weighted by atomic mass is 32.2. The third-order valence-corrected chi connectivity index (χ3v) is 6.48. The summed E-state index contributed by atoms with van der Waals surface area (Å²) in [5.41, 5.74) is 2.27. The Morgan fingerprint density at radius 3 is 2.56 bits per heavy atom. The van der Waals surface area contributed by atoms with Gasteiger partial charge in [0.1, 0.15) is 16.5 Å². The highest BCUT2D eigenvalue weighted by molar-refractivity contribution is 7.89. The average Bonchev–Trinajstić information content (AvgIpc) is 2.66. The van der Waals surface area contributed by atoms with Crippen LogP contribution in [-0.4, -0.2) is 51.3 Å². The van der Waals surface area contributed by atoms with E-state index in [1.54, 1.807) is 12.0 Å². The molecule has 8 heteroatoms. The summed E-state index contributed by atoms with van der Waals surface area (Å²) < 4.78 is 44.8. The van der Waals surface area contributed by atoms with Crippen molar-refractivity contribution in [1.82, 2.24) is 9.21 Å². The number of fused-ring (bicyclic) bond motifs is 1. The van der Waals surface area contributed by atoms with E-state index >= 15 is 0 Å². The van der Waals surface area contributed by atoms with Gasteiger partial charge in [-0.15, -0.1) is 0 Å². The van der Waals surface area contributed by atoms with E-state index in [0.717, 1.165) is 27.6 Å². The highest BCUT2D eigenvalue weighted by Crippen LogP contribution is 2.26. The number of sulfonamides is 1. The van der Waals surface area contributed by atoms with E-state index in [9.17, 15) is 17.6 Å². The fourth-order valence-corrected chi connectivity index (χ4v) is 4.03. The Balaban J connectivity index is 1.91. The molecule has 27 heavy (non-hydrogen) atoms. The molecular weight excluding hydrogens is 371 g/mol. The number of ether oxygens (including phenoxy) is 1. The van der Waals surface area contributed by atoms with E-state index in [1.165, 1.54) is 20.2 Å². The summed E-state index contributed by atoms with van der Waals surface area (Å²) in [4.78, 5) is 14.0. The van der Waals surface area contributed by atoms with Crippen molar-refractivity contribution in [3.05, 3.63) is 58.9 Å². The van der Waals surface area contributed by atoms with Crippen LogP contribution in [0.1, 0.15) is 21.5 Å². The topological polar surface area (TPSA) is 66.9 Å². The third-order valence-electron chi connectivity index (χ3n) is 4.65. The first kappa shape index (κ1) is 19.3. The lowest BCUT2D eigenvalue weighted by atomic mass is 9.99. The number of amides is 1. The number of carbonyl (C=O) groups is 1. The van der Waals surface area contributed by atoms with E-state index in [2.05, 4.69) is 0 Å². The molecule has 0 saturated heterocycles. The number of halogens is 1. The summed E-state index contributed by atoms with van der Waals surface area (Å²) in [5, 5.41) is 0. The normalized spacial score (nSPS) is 14.2. The predicted molar refractivity (Wildman–Crippen MR) is 98.7 cm³/mol. The molecule has 0 fully saturated rings. The second-order valence-corrected chi connectivity index (χ2v) is 8.66. The highest BCUT2D eigenvalue weighted by Gasteiger charge is 2.26. The summed E-state index contributed by atoms with van der Waals surface area (Å²) in [5.74, 6) is -0.503. The average molecular weight is 392 g/mol. The molecule has 2 aromatic carbocycles. The van der Waals surface area contributed by atoms with Gasteiger partial charge in [0.15, 0.2) is 0 Å². The van der Waals surface area contributed by atoms with Crippen LogP contribution in [0, 0.1) is 5.82 Å². The van der Waals surface area contributed by atoms with E-state index in [0.29, 0.717) is 25.3 Å². The van der Waals surface area contributed by atoms with Crippen molar-refractivity contribution in [2.45, 2.75) is 17.9 Å². The predicted octanol–water partition coefficient (Wildman–Crippen LogP) is 2.28.